The molecule has 1 atom stereocenters. The van der Waals surface area contributed by atoms with E-state index in [0.717, 1.165) is 33.2 Å². The van der Waals surface area contributed by atoms with Crippen molar-refractivity contribution in [3.8, 4) is 11.1 Å². The minimum Gasteiger partial charge on any atom is -0.383 e. The second-order valence-electron chi connectivity index (χ2n) is 9.42. The first-order valence-corrected chi connectivity index (χ1v) is 12.9. The number of H-pyrrole nitrogens is 1. The van der Waals surface area contributed by atoms with Gasteiger partial charge in [0.2, 0.25) is 5.91 Å². The molecule has 4 N–H and O–H groups in total. The van der Waals surface area contributed by atoms with Crippen LogP contribution < -0.4 is 11.1 Å². The van der Waals surface area contributed by atoms with Crippen LogP contribution in [0, 0.1) is 0 Å². The van der Waals surface area contributed by atoms with Crippen LogP contribution in [0.2, 0.25) is 0 Å². The van der Waals surface area contributed by atoms with Crippen LogP contribution in [0.4, 0.5) is 0 Å². The Bertz CT molecular complexity index is 1570. The van der Waals surface area contributed by atoms with Crippen molar-refractivity contribution in [2.45, 2.75) is 19.0 Å². The van der Waals surface area contributed by atoms with Gasteiger partial charge < -0.3 is 20.8 Å². The Labute approximate surface area is 226 Å². The van der Waals surface area contributed by atoms with E-state index < -0.39 is 11.9 Å². The number of carbonyl (C=O) groups is 2. The van der Waals surface area contributed by atoms with Gasteiger partial charge in [-0.15, -0.1) is 0 Å². The van der Waals surface area contributed by atoms with Gasteiger partial charge in [0.1, 0.15) is 0 Å². The number of primary amides is 1. The van der Waals surface area contributed by atoms with Gasteiger partial charge in [-0.2, -0.15) is 5.10 Å². The van der Waals surface area contributed by atoms with E-state index in [1.807, 2.05) is 77.7 Å². The van der Waals surface area contributed by atoms with E-state index in [9.17, 15) is 9.59 Å². The summed E-state index contributed by atoms with van der Waals surface area (Å²) in [7, 11) is 1.67. The number of aromatic nitrogens is 3. The number of carbonyl (C=O) groups excluding carboxylic acids is 2. The molecule has 0 saturated heterocycles. The number of ketones is 1. The highest BCUT2D eigenvalue weighted by atomic mass is 16.5. The predicted octanol–water partition coefficient (Wildman–Crippen LogP) is 4.53. The van der Waals surface area contributed by atoms with Gasteiger partial charge >= 0.3 is 0 Å². The van der Waals surface area contributed by atoms with E-state index in [0.29, 0.717) is 37.2 Å². The average Bonchev–Trinajstić information content (AvgIpc) is 3.61. The largest absolute Gasteiger partial charge is 0.383 e. The minimum absolute atomic E-state index is 0.00309. The molecule has 3 aromatic carbocycles. The van der Waals surface area contributed by atoms with Crippen LogP contribution in [0.25, 0.3) is 22.0 Å². The third kappa shape index (κ3) is 5.98. The molecule has 1 amide bonds. The molecule has 5 aromatic rings. The second-order valence-corrected chi connectivity index (χ2v) is 9.42. The minimum atomic E-state index is -0.506. The number of benzene rings is 3. The lowest BCUT2D eigenvalue weighted by molar-refractivity contribution is 0.0943. The summed E-state index contributed by atoms with van der Waals surface area (Å²) in [5.41, 5.74) is 11.3. The molecule has 0 saturated carbocycles. The highest BCUT2D eigenvalue weighted by Gasteiger charge is 2.24. The monoisotopic (exact) mass is 521 g/mol. The zero-order chi connectivity index (χ0) is 27.2. The van der Waals surface area contributed by atoms with E-state index in [-0.39, 0.29) is 5.78 Å². The van der Waals surface area contributed by atoms with Gasteiger partial charge in [0.15, 0.2) is 5.78 Å². The van der Waals surface area contributed by atoms with Gasteiger partial charge in [0.05, 0.1) is 25.4 Å². The first-order chi connectivity index (χ1) is 19.0. The van der Waals surface area contributed by atoms with Gasteiger partial charge in [0.25, 0.3) is 0 Å². The molecule has 8 nitrogen and oxygen atoms in total. The number of hydrogen-bond acceptors (Lipinski definition) is 5. The lowest BCUT2D eigenvalue weighted by Crippen LogP contribution is -2.30. The van der Waals surface area contributed by atoms with Gasteiger partial charge in [0, 0.05) is 53.6 Å². The first kappa shape index (κ1) is 26.1. The normalized spacial score (nSPS) is 12.0. The summed E-state index contributed by atoms with van der Waals surface area (Å²) in [5, 5.41) is 8.74. The Balaban J connectivity index is 1.35. The van der Waals surface area contributed by atoms with Crippen molar-refractivity contribution in [1.29, 1.82) is 0 Å². The number of rotatable bonds is 12. The maximum Gasteiger partial charge on any atom is 0.248 e. The van der Waals surface area contributed by atoms with Crippen LogP contribution in [0.3, 0.4) is 0 Å². The molecule has 0 aliphatic carbocycles. The third-order valence-corrected chi connectivity index (χ3v) is 6.83. The quantitative estimate of drug-likeness (QED) is 0.209. The number of nitrogens with zero attached hydrogens (tertiary/aromatic N) is 2. The molecule has 5 rings (SSSR count). The molecular weight excluding hydrogens is 490 g/mol. The molecular formula is C31H31N5O3. The summed E-state index contributed by atoms with van der Waals surface area (Å²) in [4.78, 5) is 28.5. The fourth-order valence-corrected chi connectivity index (χ4v) is 4.69. The van der Waals surface area contributed by atoms with E-state index >= 15 is 0 Å². The number of ether oxygens (including phenoxy) is 1. The van der Waals surface area contributed by atoms with Crippen molar-refractivity contribution < 1.29 is 14.3 Å². The maximum absolute atomic E-state index is 13.9. The number of fused-ring (bicyclic) bond motifs is 1. The Morgan fingerprint density at radius 3 is 2.59 bits per heavy atom. The van der Waals surface area contributed by atoms with Crippen LogP contribution in [0.15, 0.2) is 91.4 Å². The molecule has 0 fully saturated rings. The third-order valence-electron chi connectivity index (χ3n) is 6.83. The molecule has 0 bridgehead atoms. The topological polar surface area (TPSA) is 115 Å². The summed E-state index contributed by atoms with van der Waals surface area (Å²) in [6.45, 7) is 1.87. The van der Waals surface area contributed by atoms with Crippen molar-refractivity contribution in [2.75, 3.05) is 20.3 Å². The molecule has 8 heteroatoms. The number of amides is 1. The molecule has 39 heavy (non-hydrogen) atoms. The second kappa shape index (κ2) is 11.9. The number of aromatic amines is 1. The zero-order valence-corrected chi connectivity index (χ0v) is 21.8. The van der Waals surface area contributed by atoms with Crippen LogP contribution in [0.5, 0.6) is 0 Å². The number of nitrogens with two attached hydrogens (primary N) is 1. The maximum atomic E-state index is 13.9. The highest BCUT2D eigenvalue weighted by molar-refractivity contribution is 6.11. The molecule has 2 heterocycles. The van der Waals surface area contributed by atoms with Crippen LogP contribution in [0.1, 0.15) is 37.9 Å². The van der Waals surface area contributed by atoms with Gasteiger partial charge in [-0.25, -0.2) is 0 Å². The molecule has 0 aliphatic heterocycles. The molecule has 198 valence electrons. The molecule has 0 radical (unpaired) electrons. The number of methoxy groups -OCH3 is 1. The summed E-state index contributed by atoms with van der Waals surface area (Å²) < 4.78 is 6.99. The smallest absolute Gasteiger partial charge is 0.248 e. The fraction of sp³-hybridized carbons (Fsp3) is 0.194. The van der Waals surface area contributed by atoms with Gasteiger partial charge in [-0.3, -0.25) is 14.3 Å². The fourth-order valence-electron chi connectivity index (χ4n) is 4.69. The number of nitrogens with one attached hydrogen (secondary N) is 2. The van der Waals surface area contributed by atoms with Gasteiger partial charge in [-0.05, 0) is 41.3 Å². The predicted molar refractivity (Wildman–Crippen MR) is 152 cm³/mol. The summed E-state index contributed by atoms with van der Waals surface area (Å²) >= 11 is 0. The molecule has 0 spiro atoms. The van der Waals surface area contributed by atoms with Crippen molar-refractivity contribution in [1.82, 2.24) is 20.1 Å². The highest BCUT2D eigenvalue weighted by Crippen LogP contribution is 2.29. The summed E-state index contributed by atoms with van der Waals surface area (Å²) in [6.07, 6.45) is 6.32. The van der Waals surface area contributed by atoms with Gasteiger partial charge in [-0.1, -0.05) is 54.6 Å². The van der Waals surface area contributed by atoms with E-state index in [1.165, 1.54) is 0 Å². The van der Waals surface area contributed by atoms with Crippen LogP contribution in [-0.4, -0.2) is 46.7 Å². The number of hydrogen-bond donors (Lipinski definition) is 3. The first-order valence-electron chi connectivity index (χ1n) is 12.9. The van der Waals surface area contributed by atoms with E-state index in [2.05, 4.69) is 15.4 Å². The average molecular weight is 522 g/mol. The summed E-state index contributed by atoms with van der Waals surface area (Å²) in [6, 6.07) is 22.5. The Kier molecular flexibility index (Phi) is 7.96. The molecule has 1 unspecified atom stereocenters. The van der Waals surface area contributed by atoms with E-state index in [1.54, 1.807) is 25.4 Å². The van der Waals surface area contributed by atoms with Crippen molar-refractivity contribution >= 4 is 22.6 Å². The van der Waals surface area contributed by atoms with E-state index in [4.69, 9.17) is 10.5 Å². The Morgan fingerprint density at radius 1 is 1.05 bits per heavy atom. The Hall–Kier alpha value is -4.53. The molecule has 2 aromatic heterocycles. The van der Waals surface area contributed by atoms with Crippen molar-refractivity contribution in [2.24, 2.45) is 5.73 Å². The Morgan fingerprint density at radius 2 is 1.85 bits per heavy atom. The standard InChI is InChI=1S/C31H31N5O3/c1-39-16-15-36-20-25(18-35-36)24-11-12-26-27(19-34-28(26)17-24)30(37)29(22-5-3-2-4-6-22)33-14-13-21-7-9-23(10-8-21)31(32)38/h2-12,17-20,29,33-34H,13-16H2,1H3,(H2,32,38). The SMILES string of the molecule is COCCn1cc(-c2ccc3c(C(=O)C(NCCc4ccc(C(N)=O)cc4)c4ccccc4)c[nH]c3c2)cn1. The number of Topliss-reactive ketones (excluding diaryl/α,β-unsaturated/α-hetero) is 1. The van der Waals surface area contributed by atoms with Crippen LogP contribution in [-0.2, 0) is 17.7 Å². The lowest BCUT2D eigenvalue weighted by atomic mass is 9.96. The summed E-state index contributed by atoms with van der Waals surface area (Å²) in [5.74, 6) is -0.450. The lowest BCUT2D eigenvalue weighted by Gasteiger charge is -2.18. The van der Waals surface area contributed by atoms with Crippen LogP contribution >= 0.6 is 0 Å². The van der Waals surface area contributed by atoms with Crippen molar-refractivity contribution in [3.63, 3.8) is 0 Å². The zero-order valence-electron chi connectivity index (χ0n) is 21.8. The van der Waals surface area contributed by atoms with Crippen molar-refractivity contribution in [3.05, 3.63) is 114 Å². The molecule has 0 aliphatic rings.